The van der Waals surface area contributed by atoms with Gasteiger partial charge < -0.3 is 9.47 Å². The summed E-state index contributed by atoms with van der Waals surface area (Å²) in [5, 5.41) is 0. The number of rotatable bonds is 3. The molecule has 13 heavy (non-hydrogen) atoms. The predicted octanol–water partition coefficient (Wildman–Crippen LogP) is -0.692. The molecule has 0 aromatic carbocycles. The highest BCUT2D eigenvalue weighted by molar-refractivity contribution is 7.81. The Morgan fingerprint density at radius 3 is 2.69 bits per heavy atom. The van der Waals surface area contributed by atoms with Gasteiger partial charge in [0, 0.05) is 14.2 Å². The van der Waals surface area contributed by atoms with Crippen molar-refractivity contribution in [2.75, 3.05) is 27.4 Å². The molecule has 0 spiro atoms. The van der Waals surface area contributed by atoms with Gasteiger partial charge in [0.1, 0.15) is 12.2 Å². The van der Waals surface area contributed by atoms with Crippen LogP contribution in [0.15, 0.2) is 0 Å². The average Bonchev–Trinajstić information content (AvgIpc) is 2.04. The number of methoxy groups -OCH3 is 2. The van der Waals surface area contributed by atoms with E-state index in [9.17, 15) is 8.42 Å². The van der Waals surface area contributed by atoms with Crippen molar-refractivity contribution in [2.24, 2.45) is 0 Å². The van der Waals surface area contributed by atoms with Crippen LogP contribution in [0.25, 0.3) is 0 Å². The van der Waals surface area contributed by atoms with E-state index in [1.165, 1.54) is 14.2 Å². The second-order valence-corrected chi connectivity index (χ2v) is 3.80. The highest BCUT2D eigenvalue weighted by atomic mass is 32.3. The Morgan fingerprint density at radius 1 is 1.46 bits per heavy atom. The monoisotopic (exact) mass is 212 g/mol. The van der Waals surface area contributed by atoms with Crippen LogP contribution in [0.3, 0.4) is 0 Å². The van der Waals surface area contributed by atoms with Crippen LogP contribution in [-0.2, 0) is 28.2 Å². The molecule has 2 atom stereocenters. The van der Waals surface area contributed by atoms with Crippen molar-refractivity contribution in [3.05, 3.63) is 0 Å². The van der Waals surface area contributed by atoms with Gasteiger partial charge in [-0.05, 0) is 0 Å². The van der Waals surface area contributed by atoms with Gasteiger partial charge in [-0.2, -0.15) is 8.42 Å². The molecule has 0 aromatic heterocycles. The summed E-state index contributed by atoms with van der Waals surface area (Å²) in [6.45, 7) is 0.119. The summed E-state index contributed by atoms with van der Waals surface area (Å²) >= 11 is 0. The first-order chi connectivity index (χ1) is 6.09. The van der Waals surface area contributed by atoms with E-state index < -0.39 is 22.6 Å². The fourth-order valence-electron chi connectivity index (χ4n) is 1.02. The molecule has 1 heterocycles. The largest absolute Gasteiger partial charge is 0.400 e. The van der Waals surface area contributed by atoms with E-state index in [0.717, 1.165) is 0 Å². The predicted molar refractivity (Wildman–Crippen MR) is 42.4 cm³/mol. The Bertz CT molecular complexity index is 248. The maximum atomic E-state index is 10.8. The van der Waals surface area contributed by atoms with Crippen molar-refractivity contribution < 1.29 is 26.3 Å². The second kappa shape index (κ2) is 4.34. The Labute approximate surface area is 77.1 Å². The molecule has 0 radical (unpaired) electrons. The first-order valence-corrected chi connectivity index (χ1v) is 5.02. The highest BCUT2D eigenvalue weighted by Crippen LogP contribution is 2.16. The molecule has 1 aliphatic rings. The first kappa shape index (κ1) is 10.9. The van der Waals surface area contributed by atoms with Crippen molar-refractivity contribution in [2.45, 2.75) is 12.2 Å². The van der Waals surface area contributed by atoms with E-state index in [2.05, 4.69) is 8.37 Å². The maximum absolute atomic E-state index is 10.8. The molecule has 0 aromatic rings. The molecule has 0 N–H and O–H groups in total. The van der Waals surface area contributed by atoms with Crippen molar-refractivity contribution in [1.82, 2.24) is 0 Å². The van der Waals surface area contributed by atoms with Gasteiger partial charge in [-0.1, -0.05) is 0 Å². The van der Waals surface area contributed by atoms with Crippen LogP contribution in [0.2, 0.25) is 0 Å². The van der Waals surface area contributed by atoms with Gasteiger partial charge in [-0.25, -0.2) is 8.37 Å². The normalized spacial score (nSPS) is 33.1. The van der Waals surface area contributed by atoms with Crippen LogP contribution < -0.4 is 0 Å². The van der Waals surface area contributed by atoms with Crippen molar-refractivity contribution in [3.8, 4) is 0 Å². The lowest BCUT2D eigenvalue weighted by atomic mass is 10.2. The van der Waals surface area contributed by atoms with E-state index in [1.807, 2.05) is 0 Å². The Balaban J connectivity index is 2.63. The minimum atomic E-state index is -3.86. The van der Waals surface area contributed by atoms with Gasteiger partial charge >= 0.3 is 10.4 Å². The van der Waals surface area contributed by atoms with Crippen LogP contribution >= 0.6 is 0 Å². The average molecular weight is 212 g/mol. The number of hydrogen-bond donors (Lipinski definition) is 0. The fraction of sp³-hybridized carbons (Fsp3) is 1.00. The third-order valence-electron chi connectivity index (χ3n) is 1.67. The summed E-state index contributed by atoms with van der Waals surface area (Å²) in [6, 6.07) is 0. The lowest BCUT2D eigenvalue weighted by Crippen LogP contribution is -2.44. The molecule has 0 bridgehead atoms. The summed E-state index contributed by atoms with van der Waals surface area (Å²) in [5.41, 5.74) is 0. The molecular weight excluding hydrogens is 200 g/mol. The molecule has 1 fully saturated rings. The number of hydrogen-bond acceptors (Lipinski definition) is 6. The van der Waals surface area contributed by atoms with Crippen molar-refractivity contribution in [3.63, 3.8) is 0 Å². The zero-order valence-electron chi connectivity index (χ0n) is 7.43. The Kier molecular flexibility index (Phi) is 3.63. The van der Waals surface area contributed by atoms with Crippen molar-refractivity contribution >= 4 is 10.4 Å². The molecule has 0 aliphatic carbocycles. The van der Waals surface area contributed by atoms with E-state index >= 15 is 0 Å². The third kappa shape index (κ3) is 2.89. The summed E-state index contributed by atoms with van der Waals surface area (Å²) in [5.74, 6) is 0. The van der Waals surface area contributed by atoms with Crippen LogP contribution in [-0.4, -0.2) is 48.1 Å². The van der Waals surface area contributed by atoms with Crippen LogP contribution in [0, 0.1) is 0 Å². The summed E-state index contributed by atoms with van der Waals surface area (Å²) < 4.78 is 40.5. The van der Waals surface area contributed by atoms with Gasteiger partial charge in [0.2, 0.25) is 0 Å². The minimum absolute atomic E-state index is 0.0349. The van der Waals surface area contributed by atoms with Gasteiger partial charge in [-0.15, -0.1) is 0 Å². The zero-order valence-corrected chi connectivity index (χ0v) is 8.24. The lowest BCUT2D eigenvalue weighted by Gasteiger charge is -2.28. The Morgan fingerprint density at radius 2 is 2.15 bits per heavy atom. The molecule has 78 valence electrons. The molecule has 0 amide bonds. The second-order valence-electron chi connectivity index (χ2n) is 2.56. The van der Waals surface area contributed by atoms with Gasteiger partial charge in [-0.3, -0.25) is 0 Å². The van der Waals surface area contributed by atoms with Crippen LogP contribution in [0.1, 0.15) is 0 Å². The molecule has 1 aliphatic heterocycles. The smallest absolute Gasteiger partial charge is 0.382 e. The zero-order chi connectivity index (χ0) is 9.90. The van der Waals surface area contributed by atoms with Gasteiger partial charge in [0.05, 0.1) is 13.2 Å². The molecule has 1 rings (SSSR count). The van der Waals surface area contributed by atoms with Crippen LogP contribution in [0.5, 0.6) is 0 Å². The summed E-state index contributed by atoms with van der Waals surface area (Å²) in [7, 11) is -0.944. The van der Waals surface area contributed by atoms with Gasteiger partial charge in [0.15, 0.2) is 0 Å². The Hall–Kier alpha value is -0.210. The summed E-state index contributed by atoms with van der Waals surface area (Å²) in [6.07, 6.45) is -1.04. The fourth-order valence-corrected chi connectivity index (χ4v) is 1.86. The van der Waals surface area contributed by atoms with E-state index in [1.54, 1.807) is 0 Å². The van der Waals surface area contributed by atoms with E-state index in [-0.39, 0.29) is 13.2 Å². The number of ether oxygens (including phenoxy) is 2. The van der Waals surface area contributed by atoms with Crippen LogP contribution in [0.4, 0.5) is 0 Å². The van der Waals surface area contributed by atoms with Crippen molar-refractivity contribution in [1.29, 1.82) is 0 Å². The molecule has 7 heteroatoms. The molecule has 1 saturated heterocycles. The molecule has 0 saturated carbocycles. The van der Waals surface area contributed by atoms with E-state index in [0.29, 0.717) is 0 Å². The highest BCUT2D eigenvalue weighted by Gasteiger charge is 2.35. The quantitative estimate of drug-likeness (QED) is 0.616. The first-order valence-electron chi connectivity index (χ1n) is 3.68. The minimum Gasteiger partial charge on any atom is -0.382 e. The molecular formula is C6H12O6S. The third-order valence-corrected chi connectivity index (χ3v) is 2.57. The van der Waals surface area contributed by atoms with E-state index in [4.69, 9.17) is 9.47 Å². The van der Waals surface area contributed by atoms with Gasteiger partial charge in [0.25, 0.3) is 0 Å². The summed E-state index contributed by atoms with van der Waals surface area (Å²) in [4.78, 5) is 0. The molecule has 2 unspecified atom stereocenters. The topological polar surface area (TPSA) is 71.1 Å². The molecule has 6 nitrogen and oxygen atoms in total. The lowest BCUT2D eigenvalue weighted by molar-refractivity contribution is -0.0792. The SMILES string of the molecule is COCC1OS(=O)(=O)OCC1OC. The standard InChI is InChI=1S/C6H12O6S/c1-9-3-6-5(10-2)4-11-13(7,8)12-6/h5-6H,3-4H2,1-2H3. The maximum Gasteiger partial charge on any atom is 0.400 e.